The summed E-state index contributed by atoms with van der Waals surface area (Å²) in [7, 11) is 0. The lowest BCUT2D eigenvalue weighted by atomic mass is 9.66. The molecular formula is C26H21NO5S2. The average Bonchev–Trinajstić information content (AvgIpc) is 3.48. The first-order valence-electron chi connectivity index (χ1n) is 11.5. The first kappa shape index (κ1) is 20.5. The van der Waals surface area contributed by atoms with Crippen molar-refractivity contribution in [2.75, 3.05) is 0 Å². The van der Waals surface area contributed by atoms with Crippen molar-refractivity contribution in [3.63, 3.8) is 0 Å². The van der Waals surface area contributed by atoms with E-state index in [4.69, 9.17) is 4.74 Å². The minimum absolute atomic E-state index is 0.00320. The third kappa shape index (κ3) is 2.72. The Kier molecular flexibility index (Phi) is 4.42. The van der Waals surface area contributed by atoms with Crippen LogP contribution in [-0.2, 0) is 16.1 Å². The molecule has 2 aromatic carbocycles. The van der Waals surface area contributed by atoms with Crippen LogP contribution < -0.4 is 9.61 Å². The van der Waals surface area contributed by atoms with Crippen LogP contribution in [0.25, 0.3) is 0 Å². The third-order valence-electron chi connectivity index (χ3n) is 8.14. The molecule has 2 saturated carbocycles. The molecule has 2 aliphatic heterocycles. The molecule has 6 nitrogen and oxygen atoms in total. The maximum atomic E-state index is 13.3. The maximum Gasteiger partial charge on any atom is 0.315 e. The number of aromatic nitrogens is 1. The van der Waals surface area contributed by atoms with Crippen molar-refractivity contribution < 1.29 is 19.4 Å². The van der Waals surface area contributed by atoms with E-state index in [2.05, 4.69) is 0 Å². The minimum atomic E-state index is -0.920. The molecule has 2 fully saturated rings. The molecule has 7 rings (SSSR count). The van der Waals surface area contributed by atoms with Crippen LogP contribution in [0.4, 0.5) is 0 Å². The number of fused-ring (bicyclic) bond motifs is 6. The maximum absolute atomic E-state index is 13.3. The Hall–Kier alpha value is -2.84. The molecule has 7 unspecified atom stereocenters. The molecule has 4 aliphatic rings. The number of benzene rings is 2. The van der Waals surface area contributed by atoms with Gasteiger partial charge in [-0.15, -0.1) is 11.8 Å². The third-order valence-corrected chi connectivity index (χ3v) is 10.9. The van der Waals surface area contributed by atoms with Crippen LogP contribution in [0, 0.1) is 29.6 Å². The number of hydrogen-bond acceptors (Lipinski definition) is 6. The van der Waals surface area contributed by atoms with Gasteiger partial charge in [0.05, 0.1) is 23.4 Å². The molecule has 0 radical (unpaired) electrons. The van der Waals surface area contributed by atoms with E-state index >= 15 is 0 Å². The highest BCUT2D eigenvalue weighted by molar-refractivity contribution is 8.00. The van der Waals surface area contributed by atoms with Gasteiger partial charge in [0.15, 0.2) is 0 Å². The zero-order valence-corrected chi connectivity index (χ0v) is 19.6. The van der Waals surface area contributed by atoms with Gasteiger partial charge in [-0.25, -0.2) is 0 Å². The van der Waals surface area contributed by atoms with E-state index in [1.165, 1.54) is 11.3 Å². The topological polar surface area (TPSA) is 85.6 Å². The first-order chi connectivity index (χ1) is 16.5. The van der Waals surface area contributed by atoms with Crippen LogP contribution in [0.5, 0.6) is 5.75 Å². The highest BCUT2D eigenvalue weighted by Gasteiger charge is 2.67. The van der Waals surface area contributed by atoms with Crippen molar-refractivity contribution >= 4 is 35.0 Å². The normalized spacial score (nSPS) is 32.4. The van der Waals surface area contributed by atoms with Gasteiger partial charge in [-0.1, -0.05) is 59.9 Å². The lowest BCUT2D eigenvalue weighted by molar-refractivity contribution is -0.156. The Morgan fingerprint density at radius 2 is 1.82 bits per heavy atom. The van der Waals surface area contributed by atoms with E-state index in [0.717, 1.165) is 27.5 Å². The van der Waals surface area contributed by atoms with Gasteiger partial charge in [0.1, 0.15) is 5.75 Å². The predicted molar refractivity (Wildman–Crippen MR) is 127 cm³/mol. The molecular weight excluding hydrogens is 470 g/mol. The Morgan fingerprint density at radius 1 is 1.06 bits per heavy atom. The molecule has 0 amide bonds. The summed E-state index contributed by atoms with van der Waals surface area (Å²) < 4.78 is 7.70. The summed E-state index contributed by atoms with van der Waals surface area (Å²) in [4.78, 5) is 39.8. The van der Waals surface area contributed by atoms with Gasteiger partial charge in [-0.3, -0.25) is 19.0 Å². The number of ether oxygens (including phenoxy) is 1. The number of hydrogen-bond donors (Lipinski definition) is 1. The van der Waals surface area contributed by atoms with E-state index in [1.54, 1.807) is 17.8 Å². The largest absolute Gasteiger partial charge is 0.481 e. The van der Waals surface area contributed by atoms with E-state index in [0.29, 0.717) is 12.3 Å². The molecule has 0 spiro atoms. The Bertz CT molecular complexity index is 1400. The number of aliphatic carboxylic acids is 1. The molecule has 2 bridgehead atoms. The number of esters is 1. The molecule has 3 aromatic rings. The summed E-state index contributed by atoms with van der Waals surface area (Å²) in [5.41, 5.74) is 1.98. The lowest BCUT2D eigenvalue weighted by Gasteiger charge is -2.46. The average molecular weight is 492 g/mol. The zero-order chi connectivity index (χ0) is 23.1. The van der Waals surface area contributed by atoms with Crippen LogP contribution in [0.3, 0.4) is 0 Å². The van der Waals surface area contributed by atoms with Crippen LogP contribution in [0.15, 0.2) is 64.4 Å². The first-order valence-corrected chi connectivity index (χ1v) is 13.2. The fraction of sp³-hybridized carbons (Fsp3) is 0.346. The molecule has 172 valence electrons. The fourth-order valence-corrected chi connectivity index (χ4v) is 10.1. The molecule has 1 N–H and O–H groups in total. The number of rotatable bonds is 3. The standard InChI is InChI=1S/C26H21NO5S2/c28-24(29)19-15-10-14-18-17(13-8-4-5-9-16(13)32-25(30)20(14)19)22-23(33-21(15)18)27(26(31)34-22)11-12-6-2-1-3-7-12/h1-9,14-15,17-21H,10-11H2,(H,28,29). The summed E-state index contributed by atoms with van der Waals surface area (Å²) in [6, 6.07) is 17.5. The van der Waals surface area contributed by atoms with E-state index < -0.39 is 23.8 Å². The van der Waals surface area contributed by atoms with Gasteiger partial charge >= 0.3 is 16.8 Å². The lowest BCUT2D eigenvalue weighted by Crippen LogP contribution is -2.49. The van der Waals surface area contributed by atoms with Gasteiger partial charge < -0.3 is 9.84 Å². The van der Waals surface area contributed by atoms with Crippen molar-refractivity contribution in [3.05, 3.63) is 80.3 Å². The van der Waals surface area contributed by atoms with Crippen LogP contribution in [0.2, 0.25) is 0 Å². The number of para-hydroxylation sites is 1. The highest BCUT2D eigenvalue weighted by Crippen LogP contribution is 2.68. The van der Waals surface area contributed by atoms with Gasteiger partial charge in [-0.2, -0.15) is 0 Å². The van der Waals surface area contributed by atoms with Crippen LogP contribution >= 0.6 is 23.1 Å². The van der Waals surface area contributed by atoms with E-state index in [9.17, 15) is 19.5 Å². The fourth-order valence-electron chi connectivity index (χ4n) is 6.95. The summed E-state index contributed by atoms with van der Waals surface area (Å²) in [6.07, 6.45) is 0.718. The van der Waals surface area contributed by atoms with Gasteiger partial charge in [0, 0.05) is 21.6 Å². The van der Waals surface area contributed by atoms with E-state index in [1.807, 2.05) is 53.1 Å². The number of nitrogens with zero attached hydrogens (tertiary/aromatic N) is 1. The molecule has 8 heteroatoms. The predicted octanol–water partition coefficient (Wildman–Crippen LogP) is 4.07. The second-order valence-corrected chi connectivity index (χ2v) is 11.8. The smallest absolute Gasteiger partial charge is 0.315 e. The second-order valence-electron chi connectivity index (χ2n) is 9.66. The quantitative estimate of drug-likeness (QED) is 0.439. The number of thioether (sulfide) groups is 1. The van der Waals surface area contributed by atoms with Crippen molar-refractivity contribution in [2.24, 2.45) is 29.6 Å². The number of carboxylic acids is 1. The Morgan fingerprint density at radius 3 is 2.62 bits per heavy atom. The zero-order valence-electron chi connectivity index (χ0n) is 18.0. The number of carbonyl (C=O) groups excluding carboxylic acids is 1. The Balaban J connectivity index is 1.44. The van der Waals surface area contributed by atoms with Crippen molar-refractivity contribution in [1.29, 1.82) is 0 Å². The van der Waals surface area contributed by atoms with Gasteiger partial charge in [-0.05, 0) is 35.8 Å². The van der Waals surface area contributed by atoms with Crippen molar-refractivity contribution in [2.45, 2.75) is 29.2 Å². The molecule has 34 heavy (non-hydrogen) atoms. The summed E-state index contributed by atoms with van der Waals surface area (Å²) in [6.45, 7) is 0.484. The summed E-state index contributed by atoms with van der Waals surface area (Å²) in [5.74, 6) is -2.36. The number of carbonyl (C=O) groups is 2. The molecule has 0 saturated heterocycles. The Labute approximate surface area is 203 Å². The molecule has 1 aromatic heterocycles. The van der Waals surface area contributed by atoms with E-state index in [-0.39, 0.29) is 33.8 Å². The second kappa shape index (κ2) is 7.33. The highest BCUT2D eigenvalue weighted by atomic mass is 32.2. The monoisotopic (exact) mass is 491 g/mol. The SMILES string of the molecule is O=C(O)C1C2CC3C1C(=O)Oc1ccccc1C1c4sc(=O)n(Cc5ccccc5)c4SC2C13. The summed E-state index contributed by atoms with van der Waals surface area (Å²) >= 11 is 2.96. The van der Waals surface area contributed by atoms with Crippen LogP contribution in [0.1, 0.15) is 28.3 Å². The minimum Gasteiger partial charge on any atom is -0.481 e. The molecule has 3 heterocycles. The molecule has 7 atom stereocenters. The number of carboxylic acid groups (broad SMARTS) is 1. The van der Waals surface area contributed by atoms with Crippen LogP contribution in [-0.4, -0.2) is 26.9 Å². The summed E-state index contributed by atoms with van der Waals surface area (Å²) in [5, 5.41) is 11.1. The van der Waals surface area contributed by atoms with Gasteiger partial charge in [0.2, 0.25) is 0 Å². The van der Waals surface area contributed by atoms with Gasteiger partial charge in [0.25, 0.3) is 0 Å². The van der Waals surface area contributed by atoms with Crippen molar-refractivity contribution in [3.8, 4) is 5.75 Å². The number of thiazole rings is 1. The molecule has 2 aliphatic carbocycles. The van der Waals surface area contributed by atoms with Crippen molar-refractivity contribution in [1.82, 2.24) is 4.57 Å².